The Morgan fingerprint density at radius 1 is 0.404 bits per heavy atom. The van der Waals surface area contributed by atoms with Crippen LogP contribution in [0.15, 0.2) is 164 Å². The van der Waals surface area contributed by atoms with E-state index in [4.69, 9.17) is 0 Å². The van der Waals surface area contributed by atoms with Gasteiger partial charge in [-0.1, -0.05) is 123 Å². The van der Waals surface area contributed by atoms with E-state index in [0.717, 1.165) is 22.6 Å². The second kappa shape index (κ2) is 10.6. The lowest BCUT2D eigenvalue weighted by Crippen LogP contribution is -2.16. The summed E-state index contributed by atoms with van der Waals surface area (Å²) >= 11 is 0. The molecule has 1 aromatic heterocycles. The zero-order chi connectivity index (χ0) is 31.5. The molecular formula is C45H34N2. The second-order valence-corrected chi connectivity index (χ2v) is 13.1. The summed E-state index contributed by atoms with van der Waals surface area (Å²) in [5.41, 5.74) is 15.9. The average molecular weight is 603 g/mol. The van der Waals surface area contributed by atoms with Gasteiger partial charge >= 0.3 is 0 Å². The predicted octanol–water partition coefficient (Wildman–Crippen LogP) is 12.4. The molecule has 1 heterocycles. The first-order valence-corrected chi connectivity index (χ1v) is 16.4. The Morgan fingerprint density at radius 2 is 1.02 bits per heavy atom. The predicted molar refractivity (Wildman–Crippen MR) is 199 cm³/mol. The third-order valence-electron chi connectivity index (χ3n) is 10.0. The zero-order valence-electron chi connectivity index (χ0n) is 26.5. The van der Waals surface area contributed by atoms with Crippen molar-refractivity contribution in [2.45, 2.75) is 19.3 Å². The lowest BCUT2D eigenvalue weighted by atomic mass is 9.82. The van der Waals surface area contributed by atoms with Crippen LogP contribution in [-0.4, -0.2) is 4.98 Å². The van der Waals surface area contributed by atoms with Gasteiger partial charge in [0.25, 0.3) is 0 Å². The number of hydrogen-bond acceptors (Lipinski definition) is 1. The van der Waals surface area contributed by atoms with E-state index in [9.17, 15) is 0 Å². The van der Waals surface area contributed by atoms with Crippen molar-refractivity contribution in [3.8, 4) is 33.4 Å². The Kier molecular flexibility index (Phi) is 6.20. The van der Waals surface area contributed by atoms with Crippen LogP contribution in [0.25, 0.3) is 55.2 Å². The lowest BCUT2D eigenvalue weighted by Gasteiger charge is -2.28. The first kappa shape index (κ1) is 27.5. The van der Waals surface area contributed by atoms with Gasteiger partial charge in [0.15, 0.2) is 0 Å². The number of fused-ring (bicyclic) bond motifs is 6. The highest BCUT2D eigenvalue weighted by Gasteiger charge is 2.35. The Bertz CT molecular complexity index is 2430. The molecular weight excluding hydrogens is 569 g/mol. The summed E-state index contributed by atoms with van der Waals surface area (Å²) in [5.74, 6) is 0. The quantitative estimate of drug-likeness (QED) is 0.208. The van der Waals surface area contributed by atoms with Gasteiger partial charge in [-0.15, -0.1) is 0 Å². The highest BCUT2D eigenvalue weighted by atomic mass is 15.1. The van der Waals surface area contributed by atoms with E-state index in [2.05, 4.69) is 188 Å². The number of anilines is 3. The molecule has 1 N–H and O–H groups in total. The molecule has 0 atom stereocenters. The minimum Gasteiger partial charge on any atom is -0.355 e. The van der Waals surface area contributed by atoms with Crippen LogP contribution in [0.4, 0.5) is 17.1 Å². The van der Waals surface area contributed by atoms with Gasteiger partial charge in [0.05, 0.1) is 0 Å². The fourth-order valence-corrected chi connectivity index (χ4v) is 7.56. The molecule has 0 aliphatic heterocycles. The molecule has 7 aromatic carbocycles. The number of hydrogen-bond donors (Lipinski definition) is 1. The van der Waals surface area contributed by atoms with Gasteiger partial charge in [-0.25, -0.2) is 0 Å². The first-order chi connectivity index (χ1) is 23.0. The van der Waals surface area contributed by atoms with E-state index in [-0.39, 0.29) is 5.41 Å². The SMILES string of the molecule is CC1(C)c2ccccc2-c2ccc(N(c3ccc(-c4ccc5[nH]c6ccccc6c5c4)cc3)c3cccc(-c4ccccc4)c3)cc21. The van der Waals surface area contributed by atoms with Crippen molar-refractivity contribution in [3.05, 3.63) is 175 Å². The molecule has 1 aliphatic rings. The number of aromatic amines is 1. The average Bonchev–Trinajstić information content (AvgIpc) is 3.61. The van der Waals surface area contributed by atoms with Gasteiger partial charge < -0.3 is 9.88 Å². The van der Waals surface area contributed by atoms with Gasteiger partial charge in [-0.05, 0) is 99.1 Å². The molecule has 0 amide bonds. The smallest absolute Gasteiger partial charge is 0.0467 e. The molecule has 2 nitrogen and oxygen atoms in total. The van der Waals surface area contributed by atoms with Crippen molar-refractivity contribution >= 4 is 38.9 Å². The van der Waals surface area contributed by atoms with E-state index in [1.807, 2.05) is 0 Å². The summed E-state index contributed by atoms with van der Waals surface area (Å²) in [4.78, 5) is 5.96. The van der Waals surface area contributed by atoms with E-state index in [1.165, 1.54) is 60.8 Å². The summed E-state index contributed by atoms with van der Waals surface area (Å²) in [6, 6.07) is 59.7. The van der Waals surface area contributed by atoms with Gasteiger partial charge in [-0.2, -0.15) is 0 Å². The van der Waals surface area contributed by atoms with E-state index in [1.54, 1.807) is 0 Å². The fraction of sp³-hybridized carbons (Fsp3) is 0.0667. The van der Waals surface area contributed by atoms with Crippen molar-refractivity contribution in [2.75, 3.05) is 4.90 Å². The monoisotopic (exact) mass is 602 g/mol. The van der Waals surface area contributed by atoms with Crippen LogP contribution >= 0.6 is 0 Å². The molecule has 0 saturated carbocycles. The number of rotatable bonds is 5. The molecule has 8 aromatic rings. The number of H-pyrrole nitrogens is 1. The number of aromatic nitrogens is 1. The van der Waals surface area contributed by atoms with Crippen molar-refractivity contribution in [1.29, 1.82) is 0 Å². The Labute approximate surface area is 275 Å². The minimum absolute atomic E-state index is 0.0790. The summed E-state index contributed by atoms with van der Waals surface area (Å²) in [6.07, 6.45) is 0. The molecule has 47 heavy (non-hydrogen) atoms. The Morgan fingerprint density at radius 3 is 1.89 bits per heavy atom. The number of nitrogens with zero attached hydrogens (tertiary/aromatic N) is 1. The standard InChI is InChI=1S/C45H34N2/c1-45(2)41-17-8-6-15-37(41)38-25-24-36(29-42(38)45)47(35-14-10-13-32(27-35)30-11-4-3-5-12-30)34-22-19-31(20-23-34)33-21-26-44-40(28-33)39-16-7-9-18-43(39)46-44/h3-29,46H,1-2H3. The van der Waals surface area contributed by atoms with E-state index < -0.39 is 0 Å². The summed E-state index contributed by atoms with van der Waals surface area (Å²) in [5, 5.41) is 2.51. The maximum atomic E-state index is 3.56. The van der Waals surface area contributed by atoms with Crippen LogP contribution in [-0.2, 0) is 5.41 Å². The van der Waals surface area contributed by atoms with Gasteiger partial charge in [0, 0.05) is 44.3 Å². The van der Waals surface area contributed by atoms with Crippen LogP contribution < -0.4 is 4.90 Å². The maximum absolute atomic E-state index is 3.56. The maximum Gasteiger partial charge on any atom is 0.0467 e. The Hall–Kier alpha value is -5.86. The molecule has 0 bridgehead atoms. The van der Waals surface area contributed by atoms with Crippen LogP contribution in [0.5, 0.6) is 0 Å². The molecule has 0 fully saturated rings. The van der Waals surface area contributed by atoms with Crippen LogP contribution in [0.2, 0.25) is 0 Å². The van der Waals surface area contributed by atoms with Crippen molar-refractivity contribution < 1.29 is 0 Å². The number of nitrogens with one attached hydrogen (secondary N) is 1. The molecule has 0 spiro atoms. The third kappa shape index (κ3) is 4.48. The normalized spacial score (nSPS) is 13.1. The molecule has 1 aliphatic carbocycles. The van der Waals surface area contributed by atoms with Gasteiger partial charge in [0.1, 0.15) is 0 Å². The topological polar surface area (TPSA) is 19.0 Å². The molecule has 0 unspecified atom stereocenters. The molecule has 224 valence electrons. The zero-order valence-corrected chi connectivity index (χ0v) is 26.5. The molecule has 2 heteroatoms. The second-order valence-electron chi connectivity index (χ2n) is 13.1. The minimum atomic E-state index is -0.0790. The lowest BCUT2D eigenvalue weighted by molar-refractivity contribution is 0.660. The highest BCUT2D eigenvalue weighted by Crippen LogP contribution is 2.50. The summed E-state index contributed by atoms with van der Waals surface area (Å²) in [6.45, 7) is 4.70. The van der Waals surface area contributed by atoms with E-state index >= 15 is 0 Å². The fourth-order valence-electron chi connectivity index (χ4n) is 7.56. The van der Waals surface area contributed by atoms with Crippen molar-refractivity contribution in [2.24, 2.45) is 0 Å². The van der Waals surface area contributed by atoms with Crippen LogP contribution in [0.3, 0.4) is 0 Å². The largest absolute Gasteiger partial charge is 0.355 e. The molecule has 9 rings (SSSR count). The molecule has 0 saturated heterocycles. The number of para-hydroxylation sites is 1. The van der Waals surface area contributed by atoms with Crippen LogP contribution in [0.1, 0.15) is 25.0 Å². The van der Waals surface area contributed by atoms with Crippen LogP contribution in [0, 0.1) is 0 Å². The number of benzene rings is 7. The Balaban J connectivity index is 1.16. The van der Waals surface area contributed by atoms with Crippen molar-refractivity contribution in [3.63, 3.8) is 0 Å². The summed E-state index contributed by atoms with van der Waals surface area (Å²) < 4.78 is 0. The highest BCUT2D eigenvalue weighted by molar-refractivity contribution is 6.08. The van der Waals surface area contributed by atoms with Gasteiger partial charge in [-0.3, -0.25) is 0 Å². The van der Waals surface area contributed by atoms with Gasteiger partial charge in [0.2, 0.25) is 0 Å². The summed E-state index contributed by atoms with van der Waals surface area (Å²) in [7, 11) is 0. The first-order valence-electron chi connectivity index (χ1n) is 16.4. The van der Waals surface area contributed by atoms with Crippen molar-refractivity contribution in [1.82, 2.24) is 4.98 Å². The third-order valence-corrected chi connectivity index (χ3v) is 10.0. The molecule has 0 radical (unpaired) electrons. The van der Waals surface area contributed by atoms with E-state index in [0.29, 0.717) is 0 Å².